The van der Waals surface area contributed by atoms with Crippen molar-refractivity contribution in [2.75, 3.05) is 19.7 Å². The molecule has 0 aromatic heterocycles. The molecule has 1 heterocycles. The molecule has 0 bridgehead atoms. The molecule has 1 aliphatic rings. The number of halogens is 2. The lowest BCUT2D eigenvalue weighted by atomic mass is 9.90. The lowest BCUT2D eigenvalue weighted by Gasteiger charge is -2.35. The van der Waals surface area contributed by atoms with Gasteiger partial charge in [0.15, 0.2) is 0 Å². The van der Waals surface area contributed by atoms with E-state index in [1.54, 1.807) is 0 Å². The van der Waals surface area contributed by atoms with Crippen LogP contribution in [0, 0.1) is 5.92 Å². The molecule has 0 radical (unpaired) electrons. The van der Waals surface area contributed by atoms with Crippen LogP contribution in [-0.2, 0) is 6.54 Å². The summed E-state index contributed by atoms with van der Waals surface area (Å²) >= 11 is 0. The largest absolute Gasteiger partial charge is 0.390 e. The molecule has 0 atom stereocenters. The molecule has 0 unspecified atom stereocenters. The highest BCUT2D eigenvalue weighted by atomic mass is 19.3. The Bertz CT molecular complexity index is 361. The van der Waals surface area contributed by atoms with E-state index in [1.807, 2.05) is 18.2 Å². The third-order valence-corrected chi connectivity index (χ3v) is 3.64. The number of hydrogen-bond acceptors (Lipinski definition) is 2. The fraction of sp³-hybridized carbons (Fsp3) is 0.571. The summed E-state index contributed by atoms with van der Waals surface area (Å²) in [7, 11) is 0. The van der Waals surface area contributed by atoms with Crippen LogP contribution in [0.1, 0.15) is 18.4 Å². The third kappa shape index (κ3) is 3.27. The smallest absolute Gasteiger partial charge is 0.273 e. The SMILES string of the molecule is OCC(F)(F)C1CCN(Cc2ccccc2)CC1. The molecular formula is C14H19F2NO. The van der Waals surface area contributed by atoms with E-state index in [0.29, 0.717) is 25.9 Å². The van der Waals surface area contributed by atoms with E-state index in [-0.39, 0.29) is 0 Å². The van der Waals surface area contributed by atoms with Crippen molar-refractivity contribution in [2.24, 2.45) is 5.92 Å². The lowest BCUT2D eigenvalue weighted by molar-refractivity contribution is -0.113. The molecule has 0 spiro atoms. The van der Waals surface area contributed by atoms with E-state index in [2.05, 4.69) is 17.0 Å². The maximum absolute atomic E-state index is 13.3. The number of benzene rings is 1. The highest BCUT2D eigenvalue weighted by Gasteiger charge is 2.40. The van der Waals surface area contributed by atoms with Gasteiger partial charge in [-0.3, -0.25) is 4.90 Å². The highest BCUT2D eigenvalue weighted by molar-refractivity contribution is 5.14. The summed E-state index contributed by atoms with van der Waals surface area (Å²) in [6.45, 7) is 1.14. The van der Waals surface area contributed by atoms with Crippen molar-refractivity contribution in [1.29, 1.82) is 0 Å². The zero-order valence-corrected chi connectivity index (χ0v) is 10.4. The predicted molar refractivity (Wildman–Crippen MR) is 66.5 cm³/mol. The Morgan fingerprint density at radius 3 is 2.33 bits per heavy atom. The lowest BCUT2D eigenvalue weighted by Crippen LogP contribution is -2.42. The Labute approximate surface area is 106 Å². The van der Waals surface area contributed by atoms with Crippen molar-refractivity contribution in [1.82, 2.24) is 4.90 Å². The first-order chi connectivity index (χ1) is 8.62. The Morgan fingerprint density at radius 2 is 1.78 bits per heavy atom. The first kappa shape index (κ1) is 13.4. The summed E-state index contributed by atoms with van der Waals surface area (Å²) in [4.78, 5) is 2.19. The second kappa shape index (κ2) is 5.76. The van der Waals surface area contributed by atoms with E-state index in [9.17, 15) is 8.78 Å². The zero-order valence-electron chi connectivity index (χ0n) is 10.4. The second-order valence-corrected chi connectivity index (χ2v) is 4.96. The molecule has 2 nitrogen and oxygen atoms in total. The second-order valence-electron chi connectivity index (χ2n) is 4.96. The van der Waals surface area contributed by atoms with Gasteiger partial charge in [-0.1, -0.05) is 30.3 Å². The van der Waals surface area contributed by atoms with Gasteiger partial charge < -0.3 is 5.11 Å². The first-order valence-electron chi connectivity index (χ1n) is 6.37. The summed E-state index contributed by atoms with van der Waals surface area (Å²) < 4.78 is 26.6. The fourth-order valence-electron chi connectivity index (χ4n) is 2.48. The molecule has 4 heteroatoms. The summed E-state index contributed by atoms with van der Waals surface area (Å²) in [6.07, 6.45) is 0.917. The van der Waals surface area contributed by atoms with Crippen molar-refractivity contribution < 1.29 is 13.9 Å². The molecule has 0 amide bonds. The summed E-state index contributed by atoms with van der Waals surface area (Å²) in [5, 5.41) is 8.68. The number of hydrogen-bond donors (Lipinski definition) is 1. The first-order valence-corrected chi connectivity index (χ1v) is 6.37. The Balaban J connectivity index is 1.84. The van der Waals surface area contributed by atoms with Crippen LogP contribution in [-0.4, -0.2) is 35.6 Å². The minimum Gasteiger partial charge on any atom is -0.390 e. The van der Waals surface area contributed by atoms with Crippen molar-refractivity contribution in [3.05, 3.63) is 35.9 Å². The number of likely N-dealkylation sites (tertiary alicyclic amines) is 1. The molecule has 1 saturated heterocycles. The monoisotopic (exact) mass is 255 g/mol. The van der Waals surface area contributed by atoms with Gasteiger partial charge >= 0.3 is 0 Å². The van der Waals surface area contributed by atoms with Gasteiger partial charge in [0.1, 0.15) is 6.61 Å². The van der Waals surface area contributed by atoms with E-state index in [1.165, 1.54) is 5.56 Å². The van der Waals surface area contributed by atoms with Gasteiger partial charge in [-0.05, 0) is 31.5 Å². The Morgan fingerprint density at radius 1 is 1.17 bits per heavy atom. The van der Waals surface area contributed by atoms with Crippen LogP contribution in [0.4, 0.5) is 8.78 Å². The summed E-state index contributed by atoms with van der Waals surface area (Å²) in [5.41, 5.74) is 1.21. The van der Waals surface area contributed by atoms with Crippen molar-refractivity contribution in [3.63, 3.8) is 0 Å². The quantitative estimate of drug-likeness (QED) is 0.893. The molecule has 1 aliphatic heterocycles. The number of alkyl halides is 2. The number of aliphatic hydroxyl groups excluding tert-OH is 1. The number of aliphatic hydroxyl groups is 1. The standard InChI is InChI=1S/C14H19F2NO/c15-14(16,11-18)13-6-8-17(9-7-13)10-12-4-2-1-3-5-12/h1-5,13,18H,6-11H2. The van der Waals surface area contributed by atoms with Crippen molar-refractivity contribution in [2.45, 2.75) is 25.3 Å². The average molecular weight is 255 g/mol. The Hall–Kier alpha value is -1.00. The molecule has 18 heavy (non-hydrogen) atoms. The van der Waals surface area contributed by atoms with Gasteiger partial charge in [-0.25, -0.2) is 8.78 Å². The maximum atomic E-state index is 13.3. The van der Waals surface area contributed by atoms with Crippen molar-refractivity contribution >= 4 is 0 Å². The number of piperidine rings is 1. The molecule has 0 aliphatic carbocycles. The van der Waals surface area contributed by atoms with Gasteiger partial charge in [-0.15, -0.1) is 0 Å². The van der Waals surface area contributed by atoms with E-state index in [4.69, 9.17) is 5.11 Å². The van der Waals surface area contributed by atoms with Gasteiger partial charge in [0.2, 0.25) is 0 Å². The molecule has 100 valence electrons. The summed E-state index contributed by atoms with van der Waals surface area (Å²) in [6, 6.07) is 10.0. The molecular weight excluding hydrogens is 236 g/mol. The molecule has 1 aromatic carbocycles. The minimum atomic E-state index is -2.92. The van der Waals surface area contributed by atoms with Crippen LogP contribution < -0.4 is 0 Å². The molecule has 1 fully saturated rings. The van der Waals surface area contributed by atoms with Crippen LogP contribution >= 0.6 is 0 Å². The molecule has 1 aromatic rings. The van der Waals surface area contributed by atoms with Crippen LogP contribution in [0.3, 0.4) is 0 Å². The number of nitrogens with zero attached hydrogens (tertiary/aromatic N) is 1. The predicted octanol–water partition coefficient (Wildman–Crippen LogP) is 2.53. The molecule has 2 rings (SSSR count). The van der Waals surface area contributed by atoms with Crippen LogP contribution in [0.25, 0.3) is 0 Å². The fourth-order valence-corrected chi connectivity index (χ4v) is 2.48. The van der Waals surface area contributed by atoms with Crippen molar-refractivity contribution in [3.8, 4) is 0 Å². The van der Waals surface area contributed by atoms with E-state index in [0.717, 1.165) is 6.54 Å². The molecule has 1 N–H and O–H groups in total. The Kier molecular flexibility index (Phi) is 4.30. The van der Waals surface area contributed by atoms with Crippen LogP contribution in [0.15, 0.2) is 30.3 Å². The van der Waals surface area contributed by atoms with E-state index < -0.39 is 18.4 Å². The zero-order chi connectivity index (χ0) is 13.0. The van der Waals surface area contributed by atoms with E-state index >= 15 is 0 Å². The summed E-state index contributed by atoms with van der Waals surface area (Å²) in [5.74, 6) is -3.59. The van der Waals surface area contributed by atoms with Gasteiger partial charge in [0.25, 0.3) is 5.92 Å². The highest BCUT2D eigenvalue weighted by Crippen LogP contribution is 2.32. The van der Waals surface area contributed by atoms with Crippen LogP contribution in [0.2, 0.25) is 0 Å². The van der Waals surface area contributed by atoms with Gasteiger partial charge in [0.05, 0.1) is 0 Å². The normalized spacial score (nSPS) is 19.1. The number of rotatable bonds is 4. The maximum Gasteiger partial charge on any atom is 0.273 e. The van der Waals surface area contributed by atoms with Gasteiger partial charge in [-0.2, -0.15) is 0 Å². The average Bonchev–Trinajstić information content (AvgIpc) is 2.40. The van der Waals surface area contributed by atoms with Crippen LogP contribution in [0.5, 0.6) is 0 Å². The minimum absolute atomic E-state index is 0.459. The molecule has 0 saturated carbocycles. The topological polar surface area (TPSA) is 23.5 Å². The van der Waals surface area contributed by atoms with Gasteiger partial charge in [0, 0.05) is 12.5 Å². The third-order valence-electron chi connectivity index (χ3n) is 3.64.